The molecule has 0 aliphatic rings. The van der Waals surface area contributed by atoms with Gasteiger partial charge in [0.05, 0.1) is 5.92 Å². The molecule has 0 bridgehead atoms. The zero-order chi connectivity index (χ0) is 15.0. The lowest BCUT2D eigenvalue weighted by Crippen LogP contribution is -2.22. The van der Waals surface area contributed by atoms with Gasteiger partial charge >= 0.3 is 5.97 Å². The second kappa shape index (κ2) is 8.72. The Balaban J connectivity index is 2.44. The van der Waals surface area contributed by atoms with Crippen molar-refractivity contribution in [2.45, 2.75) is 39.2 Å². The lowest BCUT2D eigenvalue weighted by molar-refractivity contribution is -0.138. The largest absolute Gasteiger partial charge is 0.481 e. The molecule has 2 unspecified atom stereocenters. The van der Waals surface area contributed by atoms with Crippen LogP contribution in [0.4, 0.5) is 0 Å². The summed E-state index contributed by atoms with van der Waals surface area (Å²) in [5.74, 6) is -0.761. The maximum absolute atomic E-state index is 10.9. The maximum atomic E-state index is 10.9. The average Bonchev–Trinajstić information content (AvgIpc) is 2.46. The van der Waals surface area contributed by atoms with Crippen molar-refractivity contribution in [3.63, 3.8) is 0 Å². The van der Waals surface area contributed by atoms with E-state index in [1.165, 1.54) is 0 Å². The summed E-state index contributed by atoms with van der Waals surface area (Å²) in [4.78, 5) is 10.9. The molecule has 0 radical (unpaired) electrons. The quantitative estimate of drug-likeness (QED) is 0.649. The van der Waals surface area contributed by atoms with Crippen LogP contribution in [0.2, 0.25) is 0 Å². The standard InChI is InChI=1S/C16H25NO3/c1-3-13(8-9-18)10-17-11-14-4-6-15(7-5-14)12(2)16(19)20/h4-7,12-13,17-18H,3,8-11H2,1-2H3,(H,19,20). The van der Waals surface area contributed by atoms with E-state index >= 15 is 0 Å². The van der Waals surface area contributed by atoms with E-state index < -0.39 is 11.9 Å². The Morgan fingerprint density at radius 3 is 2.45 bits per heavy atom. The Hall–Kier alpha value is -1.39. The van der Waals surface area contributed by atoms with Crippen LogP contribution in [0.15, 0.2) is 24.3 Å². The Morgan fingerprint density at radius 2 is 1.95 bits per heavy atom. The van der Waals surface area contributed by atoms with Gasteiger partial charge in [-0.15, -0.1) is 0 Å². The van der Waals surface area contributed by atoms with Gasteiger partial charge < -0.3 is 15.5 Å². The van der Waals surface area contributed by atoms with E-state index in [9.17, 15) is 4.79 Å². The molecule has 0 aliphatic carbocycles. The summed E-state index contributed by atoms with van der Waals surface area (Å²) in [7, 11) is 0. The van der Waals surface area contributed by atoms with Gasteiger partial charge in [0, 0.05) is 13.2 Å². The third kappa shape index (κ3) is 5.31. The van der Waals surface area contributed by atoms with E-state index in [0.717, 1.165) is 37.1 Å². The summed E-state index contributed by atoms with van der Waals surface area (Å²) < 4.78 is 0. The van der Waals surface area contributed by atoms with Crippen LogP contribution in [-0.2, 0) is 11.3 Å². The predicted molar refractivity (Wildman–Crippen MR) is 79.7 cm³/mol. The van der Waals surface area contributed by atoms with Crippen molar-refractivity contribution >= 4 is 5.97 Å². The van der Waals surface area contributed by atoms with Crippen LogP contribution in [0, 0.1) is 5.92 Å². The van der Waals surface area contributed by atoms with E-state index in [0.29, 0.717) is 5.92 Å². The zero-order valence-electron chi connectivity index (χ0n) is 12.3. The van der Waals surface area contributed by atoms with Crippen LogP contribution < -0.4 is 5.32 Å². The number of hydrogen-bond acceptors (Lipinski definition) is 3. The first kappa shape index (κ1) is 16.7. The molecule has 20 heavy (non-hydrogen) atoms. The highest BCUT2D eigenvalue weighted by molar-refractivity contribution is 5.75. The van der Waals surface area contributed by atoms with Crippen molar-refractivity contribution in [1.29, 1.82) is 0 Å². The van der Waals surface area contributed by atoms with Crippen molar-refractivity contribution in [3.05, 3.63) is 35.4 Å². The van der Waals surface area contributed by atoms with Crippen LogP contribution >= 0.6 is 0 Å². The number of carboxylic acids is 1. The molecule has 0 amide bonds. The third-order valence-electron chi connectivity index (χ3n) is 3.73. The second-order valence-electron chi connectivity index (χ2n) is 5.22. The first-order valence-corrected chi connectivity index (χ1v) is 7.21. The van der Waals surface area contributed by atoms with Crippen molar-refractivity contribution in [1.82, 2.24) is 5.32 Å². The first-order chi connectivity index (χ1) is 9.58. The van der Waals surface area contributed by atoms with Crippen molar-refractivity contribution < 1.29 is 15.0 Å². The van der Waals surface area contributed by atoms with Gasteiger partial charge in [-0.3, -0.25) is 4.79 Å². The van der Waals surface area contributed by atoms with Crippen molar-refractivity contribution in [2.24, 2.45) is 5.92 Å². The van der Waals surface area contributed by atoms with Gasteiger partial charge in [0.2, 0.25) is 0 Å². The minimum absolute atomic E-state index is 0.238. The first-order valence-electron chi connectivity index (χ1n) is 7.21. The van der Waals surface area contributed by atoms with Crippen LogP contribution in [0.25, 0.3) is 0 Å². The second-order valence-corrected chi connectivity index (χ2v) is 5.22. The monoisotopic (exact) mass is 279 g/mol. The number of aliphatic carboxylic acids is 1. The molecule has 2 atom stereocenters. The molecule has 1 aromatic carbocycles. The molecular formula is C16H25NO3. The Morgan fingerprint density at radius 1 is 1.30 bits per heavy atom. The molecule has 0 spiro atoms. The minimum atomic E-state index is -0.800. The highest BCUT2D eigenvalue weighted by Crippen LogP contribution is 2.16. The van der Waals surface area contributed by atoms with Gasteiger partial charge in [0.25, 0.3) is 0 Å². The lowest BCUT2D eigenvalue weighted by atomic mass is 10.00. The van der Waals surface area contributed by atoms with Gasteiger partial charge in [-0.1, -0.05) is 37.6 Å². The number of hydrogen-bond donors (Lipinski definition) is 3. The van der Waals surface area contributed by atoms with Gasteiger partial charge in [0.1, 0.15) is 0 Å². The summed E-state index contributed by atoms with van der Waals surface area (Å²) in [6, 6.07) is 7.69. The highest BCUT2D eigenvalue weighted by Gasteiger charge is 2.12. The number of aliphatic hydroxyl groups is 1. The van der Waals surface area contributed by atoms with Crippen LogP contribution in [0.3, 0.4) is 0 Å². The SMILES string of the molecule is CCC(CCO)CNCc1ccc(C(C)C(=O)O)cc1. The molecule has 3 N–H and O–H groups in total. The predicted octanol–water partition coefficient (Wildman–Crippen LogP) is 2.37. The summed E-state index contributed by atoms with van der Waals surface area (Å²) in [5.41, 5.74) is 1.97. The smallest absolute Gasteiger partial charge is 0.310 e. The molecule has 4 heteroatoms. The lowest BCUT2D eigenvalue weighted by Gasteiger charge is -2.14. The molecule has 1 aromatic rings. The number of carboxylic acid groups (broad SMARTS) is 1. The molecule has 0 aromatic heterocycles. The van der Waals surface area contributed by atoms with Gasteiger partial charge in [-0.2, -0.15) is 0 Å². The normalized spacial score (nSPS) is 13.9. The van der Waals surface area contributed by atoms with Crippen LogP contribution in [-0.4, -0.2) is 29.3 Å². The molecule has 112 valence electrons. The number of aliphatic hydroxyl groups excluding tert-OH is 1. The molecule has 0 aliphatic heterocycles. The summed E-state index contributed by atoms with van der Waals surface area (Å²) in [6.07, 6.45) is 1.89. The van der Waals surface area contributed by atoms with Crippen molar-refractivity contribution in [3.8, 4) is 0 Å². The number of nitrogens with one attached hydrogen (secondary N) is 1. The topological polar surface area (TPSA) is 69.6 Å². The molecule has 4 nitrogen and oxygen atoms in total. The zero-order valence-corrected chi connectivity index (χ0v) is 12.3. The van der Waals surface area contributed by atoms with Crippen LogP contribution in [0.5, 0.6) is 0 Å². The van der Waals surface area contributed by atoms with Gasteiger partial charge in [-0.05, 0) is 36.9 Å². The van der Waals surface area contributed by atoms with E-state index in [1.807, 2.05) is 24.3 Å². The molecule has 0 saturated heterocycles. The fourth-order valence-electron chi connectivity index (χ4n) is 2.12. The molecule has 0 fully saturated rings. The Kier molecular flexibility index (Phi) is 7.26. The molecule has 1 rings (SSSR count). The van der Waals surface area contributed by atoms with E-state index in [4.69, 9.17) is 10.2 Å². The molecule has 0 heterocycles. The Bertz CT molecular complexity index is 403. The van der Waals surface area contributed by atoms with E-state index in [1.54, 1.807) is 6.92 Å². The fourth-order valence-corrected chi connectivity index (χ4v) is 2.12. The van der Waals surface area contributed by atoms with Gasteiger partial charge in [0.15, 0.2) is 0 Å². The Labute approximate surface area is 120 Å². The summed E-state index contributed by atoms with van der Waals surface area (Å²) in [6.45, 7) is 5.72. The summed E-state index contributed by atoms with van der Waals surface area (Å²) >= 11 is 0. The highest BCUT2D eigenvalue weighted by atomic mass is 16.4. The number of rotatable bonds is 9. The fraction of sp³-hybridized carbons (Fsp3) is 0.562. The van der Waals surface area contributed by atoms with Gasteiger partial charge in [-0.25, -0.2) is 0 Å². The summed E-state index contributed by atoms with van der Waals surface area (Å²) in [5, 5.41) is 21.3. The average molecular weight is 279 g/mol. The molecule has 0 saturated carbocycles. The van der Waals surface area contributed by atoms with Crippen molar-refractivity contribution in [2.75, 3.05) is 13.2 Å². The third-order valence-corrected chi connectivity index (χ3v) is 3.73. The minimum Gasteiger partial charge on any atom is -0.481 e. The molecular weight excluding hydrogens is 254 g/mol. The number of carbonyl (C=O) groups is 1. The van der Waals surface area contributed by atoms with Crippen LogP contribution in [0.1, 0.15) is 43.7 Å². The number of benzene rings is 1. The van der Waals surface area contributed by atoms with E-state index in [2.05, 4.69) is 12.2 Å². The maximum Gasteiger partial charge on any atom is 0.310 e. The van der Waals surface area contributed by atoms with E-state index in [-0.39, 0.29) is 6.61 Å².